The highest BCUT2D eigenvalue weighted by atomic mass is 32.2. The molecule has 1 aromatic carbocycles. The molecular formula is C15H15F3N4O2S. The van der Waals surface area contributed by atoms with E-state index in [-0.39, 0.29) is 17.4 Å². The molecule has 25 heavy (non-hydrogen) atoms. The Bertz CT molecular complexity index is 757. The fourth-order valence-electron chi connectivity index (χ4n) is 2.27. The van der Waals surface area contributed by atoms with Gasteiger partial charge in [-0.25, -0.2) is 0 Å². The summed E-state index contributed by atoms with van der Waals surface area (Å²) in [7, 11) is 0. The van der Waals surface area contributed by atoms with Crippen molar-refractivity contribution >= 4 is 23.4 Å². The van der Waals surface area contributed by atoms with Gasteiger partial charge in [0.1, 0.15) is 11.6 Å². The molecule has 1 heterocycles. The molecule has 3 rings (SSSR count). The first-order valence-electron chi connectivity index (χ1n) is 7.52. The zero-order chi connectivity index (χ0) is 18.0. The maximum Gasteiger partial charge on any atom is 0.573 e. The minimum absolute atomic E-state index is 0.131. The number of hydrogen-bond donors (Lipinski definition) is 1. The SMILES string of the molecule is Cc1nnc(SCC(=O)Nc2ccc(OC(F)(F)F)cc2)n1C1CC1. The second-order valence-electron chi connectivity index (χ2n) is 5.54. The third-order valence-corrected chi connectivity index (χ3v) is 4.39. The van der Waals surface area contributed by atoms with E-state index in [1.165, 1.54) is 23.9 Å². The molecule has 1 saturated carbocycles. The van der Waals surface area contributed by atoms with Crippen LogP contribution in [0, 0.1) is 6.92 Å². The average Bonchev–Trinajstić information content (AvgIpc) is 3.29. The Morgan fingerprint density at radius 2 is 2.00 bits per heavy atom. The molecule has 2 aromatic rings. The lowest BCUT2D eigenvalue weighted by molar-refractivity contribution is -0.274. The lowest BCUT2D eigenvalue weighted by Gasteiger charge is -2.10. The molecule has 0 aliphatic heterocycles. The number of aromatic nitrogens is 3. The molecule has 0 radical (unpaired) electrons. The third kappa shape index (κ3) is 4.88. The van der Waals surface area contributed by atoms with Gasteiger partial charge in [-0.15, -0.1) is 23.4 Å². The summed E-state index contributed by atoms with van der Waals surface area (Å²) in [5.74, 6) is 0.335. The summed E-state index contributed by atoms with van der Waals surface area (Å²) in [5, 5.41) is 11.4. The third-order valence-electron chi connectivity index (χ3n) is 3.45. The Morgan fingerprint density at radius 1 is 1.32 bits per heavy atom. The zero-order valence-electron chi connectivity index (χ0n) is 13.2. The van der Waals surface area contributed by atoms with Gasteiger partial charge in [-0.05, 0) is 44.0 Å². The van der Waals surface area contributed by atoms with Gasteiger partial charge in [-0.3, -0.25) is 4.79 Å². The summed E-state index contributed by atoms with van der Waals surface area (Å²) in [6.45, 7) is 1.88. The largest absolute Gasteiger partial charge is 0.573 e. The smallest absolute Gasteiger partial charge is 0.406 e. The molecule has 1 fully saturated rings. The van der Waals surface area contributed by atoms with Gasteiger partial charge in [-0.1, -0.05) is 11.8 Å². The molecule has 134 valence electrons. The maximum atomic E-state index is 12.1. The van der Waals surface area contributed by atoms with E-state index in [1.54, 1.807) is 0 Å². The number of alkyl halides is 3. The first-order chi connectivity index (χ1) is 11.8. The monoisotopic (exact) mass is 372 g/mol. The number of aryl methyl sites for hydroxylation is 1. The summed E-state index contributed by atoms with van der Waals surface area (Å²) in [4.78, 5) is 12.0. The standard InChI is InChI=1S/C15H15F3N4O2S/c1-9-20-21-14(22(9)11-4-5-11)25-8-13(23)19-10-2-6-12(7-3-10)24-15(16,17)18/h2-3,6-7,11H,4-5,8H2,1H3,(H,19,23). The summed E-state index contributed by atoms with van der Waals surface area (Å²) in [5.41, 5.74) is 0.389. The highest BCUT2D eigenvalue weighted by molar-refractivity contribution is 7.99. The van der Waals surface area contributed by atoms with Gasteiger partial charge < -0.3 is 14.6 Å². The Morgan fingerprint density at radius 3 is 2.60 bits per heavy atom. The number of nitrogens with one attached hydrogen (secondary N) is 1. The van der Waals surface area contributed by atoms with Crippen molar-refractivity contribution < 1.29 is 22.7 Å². The van der Waals surface area contributed by atoms with E-state index in [4.69, 9.17) is 0 Å². The van der Waals surface area contributed by atoms with Gasteiger partial charge in [-0.2, -0.15) is 0 Å². The van der Waals surface area contributed by atoms with E-state index in [0.717, 1.165) is 30.8 Å². The molecule has 1 aromatic heterocycles. The molecular weight excluding hydrogens is 357 g/mol. The predicted octanol–water partition coefficient (Wildman–Crippen LogP) is 3.55. The molecule has 1 amide bonds. The highest BCUT2D eigenvalue weighted by Gasteiger charge is 2.31. The number of ether oxygens (including phenoxy) is 1. The minimum Gasteiger partial charge on any atom is -0.406 e. The van der Waals surface area contributed by atoms with E-state index >= 15 is 0 Å². The van der Waals surface area contributed by atoms with Crippen LogP contribution in [-0.4, -0.2) is 32.8 Å². The summed E-state index contributed by atoms with van der Waals surface area (Å²) in [6.07, 6.45) is -2.56. The van der Waals surface area contributed by atoms with Crippen LogP contribution in [0.5, 0.6) is 5.75 Å². The number of anilines is 1. The predicted molar refractivity (Wildman–Crippen MR) is 85.5 cm³/mol. The van der Waals surface area contributed by atoms with Crippen LogP contribution in [0.2, 0.25) is 0 Å². The second kappa shape index (κ2) is 6.95. The fraction of sp³-hybridized carbons (Fsp3) is 0.400. The zero-order valence-corrected chi connectivity index (χ0v) is 14.0. The molecule has 1 aliphatic carbocycles. The molecule has 1 N–H and O–H groups in total. The number of carbonyl (C=O) groups is 1. The first-order valence-corrected chi connectivity index (χ1v) is 8.50. The van der Waals surface area contributed by atoms with Gasteiger partial charge in [0.2, 0.25) is 5.91 Å². The number of nitrogens with zero attached hydrogens (tertiary/aromatic N) is 3. The second-order valence-corrected chi connectivity index (χ2v) is 6.48. The Hall–Kier alpha value is -2.23. The molecule has 0 bridgehead atoms. The summed E-state index contributed by atoms with van der Waals surface area (Å²) < 4.78 is 42.1. The quantitative estimate of drug-likeness (QED) is 0.786. The molecule has 6 nitrogen and oxygen atoms in total. The van der Waals surface area contributed by atoms with Crippen LogP contribution in [0.3, 0.4) is 0 Å². The van der Waals surface area contributed by atoms with Gasteiger partial charge in [0.05, 0.1) is 5.75 Å². The lowest BCUT2D eigenvalue weighted by atomic mass is 10.3. The summed E-state index contributed by atoms with van der Waals surface area (Å²) in [6, 6.07) is 5.40. The van der Waals surface area contributed by atoms with Crippen molar-refractivity contribution in [3.05, 3.63) is 30.1 Å². The van der Waals surface area contributed by atoms with Crippen LogP contribution < -0.4 is 10.1 Å². The lowest BCUT2D eigenvalue weighted by Crippen LogP contribution is -2.17. The fourth-order valence-corrected chi connectivity index (χ4v) is 3.12. The van der Waals surface area contributed by atoms with Gasteiger partial charge in [0.25, 0.3) is 0 Å². The number of thioether (sulfide) groups is 1. The Kier molecular flexibility index (Phi) is 4.89. The van der Waals surface area contributed by atoms with Crippen molar-refractivity contribution in [2.45, 2.75) is 37.3 Å². The van der Waals surface area contributed by atoms with Gasteiger partial charge in [0, 0.05) is 11.7 Å². The average molecular weight is 372 g/mol. The minimum atomic E-state index is -4.74. The van der Waals surface area contributed by atoms with Crippen LogP contribution in [-0.2, 0) is 4.79 Å². The van der Waals surface area contributed by atoms with Crippen LogP contribution in [0.25, 0.3) is 0 Å². The summed E-state index contributed by atoms with van der Waals surface area (Å²) >= 11 is 1.28. The molecule has 0 saturated heterocycles. The molecule has 0 spiro atoms. The number of carbonyl (C=O) groups excluding carboxylic acids is 1. The normalized spacial score (nSPS) is 14.4. The van der Waals surface area contributed by atoms with Crippen LogP contribution in [0.15, 0.2) is 29.4 Å². The van der Waals surface area contributed by atoms with E-state index in [2.05, 4.69) is 20.3 Å². The highest BCUT2D eigenvalue weighted by Crippen LogP contribution is 2.38. The number of benzene rings is 1. The van der Waals surface area contributed by atoms with Gasteiger partial charge >= 0.3 is 6.36 Å². The van der Waals surface area contributed by atoms with Gasteiger partial charge in [0.15, 0.2) is 5.16 Å². The number of halogens is 3. The molecule has 10 heteroatoms. The number of hydrogen-bond acceptors (Lipinski definition) is 5. The number of rotatable bonds is 6. The van der Waals surface area contributed by atoms with Crippen molar-refractivity contribution in [2.75, 3.05) is 11.1 Å². The molecule has 0 unspecified atom stereocenters. The Balaban J connectivity index is 1.53. The van der Waals surface area contributed by atoms with E-state index < -0.39 is 6.36 Å². The maximum absolute atomic E-state index is 12.1. The topological polar surface area (TPSA) is 69.0 Å². The Labute approximate surface area is 145 Å². The molecule has 1 aliphatic rings. The van der Waals surface area contributed by atoms with Crippen molar-refractivity contribution in [3.8, 4) is 5.75 Å². The van der Waals surface area contributed by atoms with Crippen molar-refractivity contribution in [1.29, 1.82) is 0 Å². The van der Waals surface area contributed by atoms with E-state index in [9.17, 15) is 18.0 Å². The van der Waals surface area contributed by atoms with E-state index in [0.29, 0.717) is 16.9 Å². The first kappa shape index (κ1) is 17.6. The number of amides is 1. The van der Waals surface area contributed by atoms with Crippen LogP contribution in [0.4, 0.5) is 18.9 Å². The van der Waals surface area contributed by atoms with Crippen LogP contribution in [0.1, 0.15) is 24.7 Å². The van der Waals surface area contributed by atoms with E-state index in [1.807, 2.05) is 11.5 Å². The molecule has 0 atom stereocenters. The van der Waals surface area contributed by atoms with Crippen molar-refractivity contribution in [1.82, 2.24) is 14.8 Å². The van der Waals surface area contributed by atoms with Crippen molar-refractivity contribution in [2.24, 2.45) is 0 Å². The van der Waals surface area contributed by atoms with Crippen LogP contribution >= 0.6 is 11.8 Å². The van der Waals surface area contributed by atoms with Crippen molar-refractivity contribution in [3.63, 3.8) is 0 Å².